The van der Waals surface area contributed by atoms with Crippen LogP contribution in [0.4, 0.5) is 23.7 Å². The summed E-state index contributed by atoms with van der Waals surface area (Å²) in [7, 11) is 1.44. The minimum absolute atomic E-state index is 0.177. The molecule has 0 fully saturated rings. The van der Waals surface area contributed by atoms with Gasteiger partial charge in [-0.25, -0.2) is 4.79 Å². The zero-order valence-electron chi connectivity index (χ0n) is 11.0. The lowest BCUT2D eigenvalue weighted by Crippen LogP contribution is -2.25. The van der Waals surface area contributed by atoms with Crippen molar-refractivity contribution in [2.24, 2.45) is 0 Å². The first-order valence-corrected chi connectivity index (χ1v) is 5.74. The van der Waals surface area contributed by atoms with Crippen molar-refractivity contribution < 1.29 is 32.2 Å². The Morgan fingerprint density at radius 3 is 2.62 bits per heavy atom. The molecule has 21 heavy (non-hydrogen) atoms. The van der Waals surface area contributed by atoms with Gasteiger partial charge in [-0.15, -0.1) is 0 Å². The average Bonchev–Trinajstić information content (AvgIpc) is 2.42. The highest BCUT2D eigenvalue weighted by Crippen LogP contribution is 2.18. The van der Waals surface area contributed by atoms with E-state index in [0.717, 1.165) is 0 Å². The molecule has 0 radical (unpaired) electrons. The molecule has 0 saturated heterocycles. The molecule has 6 nitrogen and oxygen atoms in total. The van der Waals surface area contributed by atoms with Crippen LogP contribution in [0.1, 0.15) is 0 Å². The summed E-state index contributed by atoms with van der Waals surface area (Å²) in [5, 5.41) is 4.47. The summed E-state index contributed by atoms with van der Waals surface area (Å²) < 4.78 is 44.7. The molecular weight excluding hydrogens is 293 g/mol. The van der Waals surface area contributed by atoms with E-state index in [1.807, 2.05) is 0 Å². The number of carbonyl (C=O) groups excluding carboxylic acids is 2. The Hall–Kier alpha value is -2.45. The van der Waals surface area contributed by atoms with E-state index in [2.05, 4.69) is 15.4 Å². The van der Waals surface area contributed by atoms with Gasteiger partial charge in [0, 0.05) is 18.8 Å². The maximum atomic E-state index is 11.9. The molecule has 0 aromatic heterocycles. The number of likely N-dealkylation sites (N-methyl/N-ethyl adjacent to an activating group) is 1. The molecule has 0 heterocycles. The van der Waals surface area contributed by atoms with Gasteiger partial charge in [-0.1, -0.05) is 6.07 Å². The summed E-state index contributed by atoms with van der Waals surface area (Å²) in [4.78, 5) is 22.1. The number of halogens is 3. The maximum absolute atomic E-state index is 11.9. The first kappa shape index (κ1) is 16.6. The van der Waals surface area contributed by atoms with Crippen LogP contribution in [0.2, 0.25) is 0 Å². The molecule has 1 rings (SSSR count). The number of benzene rings is 1. The van der Waals surface area contributed by atoms with Gasteiger partial charge in [-0.2, -0.15) is 13.2 Å². The number of alkyl halides is 3. The first-order chi connectivity index (χ1) is 9.80. The molecule has 0 aliphatic carbocycles. The van der Waals surface area contributed by atoms with Crippen LogP contribution in [0, 0.1) is 0 Å². The van der Waals surface area contributed by atoms with Crippen LogP contribution in [-0.2, 0) is 9.53 Å². The standard InChI is InChI=1S/C12H13F3N2O4/c1-16-10(18)6-20-9-4-2-3-8(5-9)17-11(19)21-7-12(13,14)15/h2-5H,6-7H2,1H3,(H,16,18)(H,17,19). The lowest BCUT2D eigenvalue weighted by Gasteiger charge is -2.10. The predicted molar refractivity (Wildman–Crippen MR) is 67.0 cm³/mol. The fraction of sp³-hybridized carbons (Fsp3) is 0.333. The molecule has 0 spiro atoms. The van der Waals surface area contributed by atoms with Crippen LogP contribution in [0.15, 0.2) is 24.3 Å². The normalized spacial score (nSPS) is 10.7. The fourth-order valence-electron chi connectivity index (χ4n) is 1.19. The van der Waals surface area contributed by atoms with Crippen LogP contribution in [0.5, 0.6) is 5.75 Å². The quantitative estimate of drug-likeness (QED) is 0.871. The van der Waals surface area contributed by atoms with Gasteiger partial charge in [0.25, 0.3) is 5.91 Å². The lowest BCUT2D eigenvalue weighted by atomic mass is 10.3. The van der Waals surface area contributed by atoms with Crippen LogP contribution < -0.4 is 15.4 Å². The molecule has 0 unspecified atom stereocenters. The smallest absolute Gasteiger partial charge is 0.422 e. The second-order valence-corrected chi connectivity index (χ2v) is 3.81. The zero-order valence-corrected chi connectivity index (χ0v) is 11.0. The van der Waals surface area contributed by atoms with E-state index < -0.39 is 18.9 Å². The molecule has 1 aromatic rings. The summed E-state index contributed by atoms with van der Waals surface area (Å²) in [6.45, 7) is -1.90. The highest BCUT2D eigenvalue weighted by molar-refractivity contribution is 5.84. The van der Waals surface area contributed by atoms with Gasteiger partial charge in [0.2, 0.25) is 0 Å². The summed E-state index contributed by atoms with van der Waals surface area (Å²) in [6.07, 6.45) is -5.83. The Kier molecular flexibility index (Phi) is 5.82. The topological polar surface area (TPSA) is 76.7 Å². The van der Waals surface area contributed by atoms with Crippen molar-refractivity contribution in [3.8, 4) is 5.75 Å². The average molecular weight is 306 g/mol. The lowest BCUT2D eigenvalue weighted by molar-refractivity contribution is -0.159. The number of hydrogen-bond acceptors (Lipinski definition) is 4. The van der Waals surface area contributed by atoms with Crippen LogP contribution in [0.3, 0.4) is 0 Å². The van der Waals surface area contributed by atoms with Crippen LogP contribution in [0.25, 0.3) is 0 Å². The van der Waals surface area contributed by atoms with Crippen molar-refractivity contribution >= 4 is 17.7 Å². The van der Waals surface area contributed by atoms with E-state index in [1.54, 1.807) is 0 Å². The summed E-state index contributed by atoms with van der Waals surface area (Å²) in [5.74, 6) is -0.0785. The van der Waals surface area contributed by atoms with Crippen molar-refractivity contribution in [2.45, 2.75) is 6.18 Å². The molecule has 2 N–H and O–H groups in total. The van der Waals surface area contributed by atoms with E-state index in [0.29, 0.717) is 0 Å². The molecular formula is C12H13F3N2O4. The number of ether oxygens (including phenoxy) is 2. The second kappa shape index (κ2) is 7.36. The van der Waals surface area contributed by atoms with Gasteiger partial charge in [0.1, 0.15) is 5.75 Å². The molecule has 0 saturated carbocycles. The number of nitrogens with one attached hydrogen (secondary N) is 2. The first-order valence-electron chi connectivity index (χ1n) is 5.74. The fourth-order valence-corrected chi connectivity index (χ4v) is 1.19. The van der Waals surface area contributed by atoms with E-state index in [1.165, 1.54) is 31.3 Å². The monoisotopic (exact) mass is 306 g/mol. The Balaban J connectivity index is 2.52. The molecule has 1 aromatic carbocycles. The van der Waals surface area contributed by atoms with Gasteiger partial charge in [0.15, 0.2) is 13.2 Å². The van der Waals surface area contributed by atoms with E-state index in [4.69, 9.17) is 4.74 Å². The number of hydrogen-bond donors (Lipinski definition) is 2. The molecule has 0 atom stereocenters. The SMILES string of the molecule is CNC(=O)COc1cccc(NC(=O)OCC(F)(F)F)c1. The highest BCUT2D eigenvalue weighted by Gasteiger charge is 2.29. The number of carbonyl (C=O) groups is 2. The largest absolute Gasteiger partial charge is 0.484 e. The van der Waals surface area contributed by atoms with Crippen molar-refractivity contribution in [3.63, 3.8) is 0 Å². The summed E-state index contributed by atoms with van der Waals surface area (Å²) in [5.41, 5.74) is 0.177. The van der Waals surface area contributed by atoms with Crippen molar-refractivity contribution in [3.05, 3.63) is 24.3 Å². The molecule has 116 valence electrons. The highest BCUT2D eigenvalue weighted by atomic mass is 19.4. The maximum Gasteiger partial charge on any atom is 0.422 e. The van der Waals surface area contributed by atoms with Gasteiger partial charge >= 0.3 is 12.3 Å². The number of anilines is 1. The Morgan fingerprint density at radius 1 is 1.29 bits per heavy atom. The minimum atomic E-state index is -4.59. The van der Waals surface area contributed by atoms with Crippen molar-refractivity contribution in [1.29, 1.82) is 0 Å². The molecule has 0 aliphatic heterocycles. The molecule has 9 heteroatoms. The molecule has 2 amide bonds. The third-order valence-electron chi connectivity index (χ3n) is 2.10. The van der Waals surface area contributed by atoms with Crippen molar-refractivity contribution in [1.82, 2.24) is 5.32 Å². The number of rotatable bonds is 5. The third kappa shape index (κ3) is 7.04. The third-order valence-corrected chi connectivity index (χ3v) is 2.10. The Bertz CT molecular complexity index is 506. The van der Waals surface area contributed by atoms with E-state index in [-0.39, 0.29) is 24.0 Å². The predicted octanol–water partition coefficient (Wildman–Crippen LogP) is 1.92. The van der Waals surface area contributed by atoms with Crippen molar-refractivity contribution in [2.75, 3.05) is 25.6 Å². The van der Waals surface area contributed by atoms with Crippen LogP contribution >= 0.6 is 0 Å². The van der Waals surface area contributed by atoms with E-state index in [9.17, 15) is 22.8 Å². The van der Waals surface area contributed by atoms with Crippen LogP contribution in [-0.4, -0.2) is 38.4 Å². The Labute approximate surface area is 118 Å². The van der Waals surface area contributed by atoms with E-state index >= 15 is 0 Å². The van der Waals surface area contributed by atoms with Gasteiger partial charge in [-0.3, -0.25) is 10.1 Å². The van der Waals surface area contributed by atoms with Gasteiger partial charge in [-0.05, 0) is 12.1 Å². The Morgan fingerprint density at radius 2 is 2.00 bits per heavy atom. The summed E-state index contributed by atoms with van der Waals surface area (Å²) >= 11 is 0. The minimum Gasteiger partial charge on any atom is -0.484 e. The molecule has 0 aliphatic rings. The zero-order chi connectivity index (χ0) is 15.9. The van der Waals surface area contributed by atoms with Gasteiger partial charge in [0.05, 0.1) is 0 Å². The molecule has 0 bridgehead atoms. The second-order valence-electron chi connectivity index (χ2n) is 3.81. The number of amides is 2. The summed E-state index contributed by atoms with van der Waals surface area (Å²) in [6, 6.07) is 5.80. The van der Waals surface area contributed by atoms with Gasteiger partial charge < -0.3 is 14.8 Å².